The van der Waals surface area contributed by atoms with Crippen LogP contribution in [0.4, 0.5) is 0 Å². The van der Waals surface area contributed by atoms with Crippen molar-refractivity contribution in [2.24, 2.45) is 0 Å². The third kappa shape index (κ3) is 4.62. The zero-order valence-electron chi connectivity index (χ0n) is 16.4. The number of hydrazine groups is 1. The van der Waals surface area contributed by atoms with E-state index in [9.17, 15) is 14.4 Å². The van der Waals surface area contributed by atoms with E-state index < -0.39 is 11.8 Å². The molecule has 0 saturated carbocycles. The lowest BCUT2D eigenvalue weighted by Crippen LogP contribution is -2.42. The third-order valence-electron chi connectivity index (χ3n) is 4.48. The first-order valence-corrected chi connectivity index (χ1v) is 9.99. The van der Waals surface area contributed by atoms with E-state index in [1.54, 1.807) is 24.3 Å². The number of aryl methyl sites for hydroxylation is 3. The maximum absolute atomic E-state index is 12.6. The van der Waals surface area contributed by atoms with Crippen LogP contribution < -0.4 is 21.1 Å². The molecule has 0 aliphatic carbocycles. The lowest BCUT2D eigenvalue weighted by molar-refractivity contribution is -0.122. The minimum Gasteiger partial charge on any atom is -0.494 e. The molecule has 2 aromatic heterocycles. The van der Waals surface area contributed by atoms with Gasteiger partial charge in [-0.25, -0.2) is 4.98 Å². The van der Waals surface area contributed by atoms with Crippen molar-refractivity contribution in [1.29, 1.82) is 0 Å². The summed E-state index contributed by atoms with van der Waals surface area (Å²) >= 11 is 1.48. The zero-order valence-corrected chi connectivity index (χ0v) is 17.3. The van der Waals surface area contributed by atoms with Crippen molar-refractivity contribution >= 4 is 33.4 Å². The second kappa shape index (κ2) is 8.87. The molecule has 0 bridgehead atoms. The highest BCUT2D eigenvalue weighted by atomic mass is 32.1. The summed E-state index contributed by atoms with van der Waals surface area (Å²) in [5.74, 6) is -0.180. The van der Waals surface area contributed by atoms with E-state index >= 15 is 0 Å². The van der Waals surface area contributed by atoms with Gasteiger partial charge in [-0.05, 0) is 50.6 Å². The van der Waals surface area contributed by atoms with Gasteiger partial charge in [-0.3, -0.25) is 29.8 Å². The number of nitrogens with one attached hydrogen (secondary N) is 2. The average Bonchev–Trinajstić information content (AvgIpc) is 3.01. The minimum atomic E-state index is -0.439. The van der Waals surface area contributed by atoms with Crippen molar-refractivity contribution < 1.29 is 14.3 Å². The van der Waals surface area contributed by atoms with Gasteiger partial charge in [0.25, 0.3) is 11.5 Å². The molecule has 0 radical (unpaired) electrons. The Hall–Kier alpha value is -3.20. The molecule has 3 aromatic rings. The van der Waals surface area contributed by atoms with Crippen molar-refractivity contribution in [2.75, 3.05) is 6.61 Å². The van der Waals surface area contributed by atoms with Gasteiger partial charge in [0.1, 0.15) is 10.6 Å². The maximum atomic E-state index is 12.6. The number of thiophene rings is 1. The first kappa shape index (κ1) is 20.5. The summed E-state index contributed by atoms with van der Waals surface area (Å²) in [5.41, 5.74) is 5.87. The Morgan fingerprint density at radius 1 is 1.17 bits per heavy atom. The van der Waals surface area contributed by atoms with Gasteiger partial charge in [-0.1, -0.05) is 0 Å². The van der Waals surface area contributed by atoms with Crippen LogP contribution in [0.3, 0.4) is 0 Å². The molecule has 0 aliphatic rings. The summed E-state index contributed by atoms with van der Waals surface area (Å²) < 4.78 is 6.74. The fraction of sp³-hybridized carbons (Fsp3) is 0.300. The van der Waals surface area contributed by atoms with Crippen LogP contribution in [-0.2, 0) is 11.3 Å². The Morgan fingerprint density at radius 3 is 2.59 bits per heavy atom. The number of carbonyl (C=O) groups excluding carboxylic acids is 2. The lowest BCUT2D eigenvalue weighted by atomic mass is 10.2. The van der Waals surface area contributed by atoms with Crippen molar-refractivity contribution in [3.63, 3.8) is 0 Å². The third-order valence-corrected chi connectivity index (χ3v) is 5.59. The largest absolute Gasteiger partial charge is 0.494 e. The predicted molar refractivity (Wildman–Crippen MR) is 111 cm³/mol. The lowest BCUT2D eigenvalue weighted by Gasteiger charge is -2.09. The van der Waals surface area contributed by atoms with Gasteiger partial charge in [0.15, 0.2) is 0 Å². The van der Waals surface area contributed by atoms with Gasteiger partial charge >= 0.3 is 0 Å². The smallest absolute Gasteiger partial charge is 0.269 e. The number of ether oxygens (including phenoxy) is 1. The van der Waals surface area contributed by atoms with Gasteiger partial charge in [0.2, 0.25) is 5.91 Å². The van der Waals surface area contributed by atoms with Crippen LogP contribution in [0.2, 0.25) is 0 Å². The molecular formula is C20H22N4O4S. The molecule has 1 aromatic carbocycles. The predicted octanol–water partition coefficient (Wildman–Crippen LogP) is 2.32. The topological polar surface area (TPSA) is 102 Å². The van der Waals surface area contributed by atoms with E-state index in [0.717, 1.165) is 10.4 Å². The molecular weight excluding hydrogens is 392 g/mol. The first-order chi connectivity index (χ1) is 13.9. The fourth-order valence-electron chi connectivity index (χ4n) is 2.78. The van der Waals surface area contributed by atoms with E-state index in [-0.39, 0.29) is 18.5 Å². The van der Waals surface area contributed by atoms with E-state index in [0.29, 0.717) is 28.1 Å². The van der Waals surface area contributed by atoms with Gasteiger partial charge in [0, 0.05) is 23.4 Å². The number of nitrogens with zero attached hydrogens (tertiary/aromatic N) is 2. The Labute approximate surface area is 171 Å². The monoisotopic (exact) mass is 414 g/mol. The van der Waals surface area contributed by atoms with E-state index in [1.807, 2.05) is 20.8 Å². The number of benzene rings is 1. The van der Waals surface area contributed by atoms with Crippen LogP contribution in [0, 0.1) is 13.8 Å². The molecule has 2 amide bonds. The molecule has 2 heterocycles. The summed E-state index contributed by atoms with van der Waals surface area (Å²) in [6.07, 6.45) is 1.48. The molecule has 8 nitrogen and oxygen atoms in total. The van der Waals surface area contributed by atoms with E-state index in [4.69, 9.17) is 4.74 Å². The first-order valence-electron chi connectivity index (χ1n) is 9.18. The summed E-state index contributed by atoms with van der Waals surface area (Å²) in [7, 11) is 0. The average molecular weight is 414 g/mol. The summed E-state index contributed by atoms with van der Waals surface area (Å²) in [4.78, 5) is 42.8. The van der Waals surface area contributed by atoms with Crippen LogP contribution in [0.15, 0.2) is 35.4 Å². The van der Waals surface area contributed by atoms with Crippen LogP contribution in [0.1, 0.15) is 34.1 Å². The molecule has 0 aliphatic heterocycles. The van der Waals surface area contributed by atoms with E-state index in [1.165, 1.54) is 22.2 Å². The van der Waals surface area contributed by atoms with Crippen LogP contribution in [0.5, 0.6) is 5.75 Å². The molecule has 0 fully saturated rings. The van der Waals surface area contributed by atoms with Crippen molar-refractivity contribution in [3.8, 4) is 5.75 Å². The molecule has 0 atom stereocenters. The molecule has 0 saturated heterocycles. The maximum Gasteiger partial charge on any atom is 0.269 e. The van der Waals surface area contributed by atoms with Crippen LogP contribution in [0.25, 0.3) is 10.2 Å². The highest BCUT2D eigenvalue weighted by Gasteiger charge is 2.13. The van der Waals surface area contributed by atoms with Gasteiger partial charge in [-0.2, -0.15) is 0 Å². The molecule has 0 unspecified atom stereocenters. The summed E-state index contributed by atoms with van der Waals surface area (Å²) in [5, 5.41) is 0.596. The standard InChI is InChI=1S/C20H22N4O4S/c1-4-28-15-7-5-14(6-8-15)18(26)23-22-16(25)9-10-24-11-21-19-17(20(24)27)12(2)13(3)29-19/h5-8,11H,4,9-10H2,1-3H3,(H,22,25)(H,23,26). The van der Waals surface area contributed by atoms with E-state index in [2.05, 4.69) is 15.8 Å². The summed E-state index contributed by atoms with van der Waals surface area (Å²) in [6.45, 7) is 6.43. The molecule has 9 heteroatoms. The SMILES string of the molecule is CCOc1ccc(C(=O)NNC(=O)CCn2cnc3sc(C)c(C)c3c2=O)cc1. The Balaban J connectivity index is 1.55. The van der Waals surface area contributed by atoms with Crippen LogP contribution in [-0.4, -0.2) is 28.0 Å². The number of carbonyl (C=O) groups is 2. The number of hydrogen-bond acceptors (Lipinski definition) is 6. The Bertz CT molecular complexity index is 1100. The molecule has 29 heavy (non-hydrogen) atoms. The number of hydrogen-bond donors (Lipinski definition) is 2. The highest BCUT2D eigenvalue weighted by Crippen LogP contribution is 2.25. The Morgan fingerprint density at radius 2 is 1.90 bits per heavy atom. The normalized spacial score (nSPS) is 10.7. The summed E-state index contributed by atoms with van der Waals surface area (Å²) in [6, 6.07) is 6.59. The number of aromatic nitrogens is 2. The van der Waals surface area contributed by atoms with Crippen molar-refractivity contribution in [1.82, 2.24) is 20.4 Å². The van der Waals surface area contributed by atoms with Crippen LogP contribution >= 0.6 is 11.3 Å². The Kier molecular flexibility index (Phi) is 6.28. The van der Waals surface area contributed by atoms with Gasteiger partial charge in [0.05, 0.1) is 18.3 Å². The van der Waals surface area contributed by atoms with Crippen molar-refractivity contribution in [2.45, 2.75) is 33.7 Å². The zero-order chi connectivity index (χ0) is 21.0. The van der Waals surface area contributed by atoms with Gasteiger partial charge in [-0.15, -0.1) is 11.3 Å². The second-order valence-corrected chi connectivity index (χ2v) is 7.62. The number of amides is 2. The van der Waals surface area contributed by atoms with Gasteiger partial charge < -0.3 is 4.74 Å². The van der Waals surface area contributed by atoms with Crippen molar-refractivity contribution in [3.05, 3.63) is 57.0 Å². The molecule has 2 N–H and O–H groups in total. The second-order valence-electron chi connectivity index (χ2n) is 6.42. The minimum absolute atomic E-state index is 0.0266. The highest BCUT2D eigenvalue weighted by molar-refractivity contribution is 7.18. The number of rotatable bonds is 6. The fourth-order valence-corrected chi connectivity index (χ4v) is 3.77. The molecule has 152 valence electrons. The quantitative estimate of drug-likeness (QED) is 0.603. The number of fused-ring (bicyclic) bond motifs is 1. The molecule has 3 rings (SSSR count). The molecule has 0 spiro atoms.